The van der Waals surface area contributed by atoms with E-state index in [2.05, 4.69) is 0 Å². The van der Waals surface area contributed by atoms with Crippen LogP contribution in [0.5, 0.6) is 0 Å². The van der Waals surface area contributed by atoms with E-state index >= 15 is 0 Å². The number of amides is 1. The van der Waals surface area contributed by atoms with Crippen LogP contribution in [-0.2, 0) is 21.2 Å². The van der Waals surface area contributed by atoms with Crippen LogP contribution in [0.4, 0.5) is 5.69 Å². The van der Waals surface area contributed by atoms with Crippen LogP contribution in [0.2, 0.25) is 0 Å². The second-order valence-corrected chi connectivity index (χ2v) is 9.78. The minimum absolute atomic E-state index is 0.0698. The number of carbonyl (C=O) groups excluding carboxylic acids is 1. The van der Waals surface area contributed by atoms with Crippen LogP contribution in [0.25, 0.3) is 0 Å². The maximum absolute atomic E-state index is 12.9. The zero-order valence-corrected chi connectivity index (χ0v) is 16.8. The lowest BCUT2D eigenvalue weighted by Gasteiger charge is -2.30. The summed E-state index contributed by atoms with van der Waals surface area (Å²) in [5.41, 5.74) is 1.04. The predicted octanol–water partition coefficient (Wildman–Crippen LogP) is 1.97. The van der Waals surface area contributed by atoms with Gasteiger partial charge in [0.25, 0.3) is 5.91 Å². The number of hydrogen-bond acceptors (Lipinski definition) is 4. The number of carboxylic acids is 1. The monoisotopic (exact) mass is 394 g/mol. The molecule has 0 aromatic heterocycles. The zero-order chi connectivity index (χ0) is 20.0. The van der Waals surface area contributed by atoms with Gasteiger partial charge in [0.05, 0.1) is 17.4 Å². The van der Waals surface area contributed by atoms with Gasteiger partial charge in [-0.1, -0.05) is 13.8 Å². The van der Waals surface area contributed by atoms with E-state index in [0.717, 1.165) is 5.56 Å². The molecule has 0 bridgehead atoms. The number of hydrogen-bond donors (Lipinski definition) is 1. The Labute approximate surface area is 160 Å². The van der Waals surface area contributed by atoms with Crippen LogP contribution in [0, 0.1) is 11.3 Å². The van der Waals surface area contributed by atoms with Gasteiger partial charge in [0.1, 0.15) is 0 Å². The van der Waals surface area contributed by atoms with E-state index in [4.69, 9.17) is 0 Å². The van der Waals surface area contributed by atoms with Gasteiger partial charge < -0.3 is 10.0 Å². The first kappa shape index (κ1) is 19.7. The Morgan fingerprint density at radius 2 is 1.93 bits per heavy atom. The fourth-order valence-corrected chi connectivity index (χ4v) is 5.12. The predicted molar refractivity (Wildman–Crippen MR) is 102 cm³/mol. The summed E-state index contributed by atoms with van der Waals surface area (Å²) in [4.78, 5) is 26.3. The van der Waals surface area contributed by atoms with Crippen LogP contribution >= 0.6 is 0 Å². The average Bonchev–Trinajstić information content (AvgIpc) is 3.06. The van der Waals surface area contributed by atoms with Crippen molar-refractivity contribution in [1.82, 2.24) is 4.90 Å². The number of sulfonamides is 1. The van der Waals surface area contributed by atoms with Gasteiger partial charge in [-0.15, -0.1) is 0 Å². The lowest BCUT2D eigenvalue weighted by molar-refractivity contribution is -0.150. The van der Waals surface area contributed by atoms with Crippen molar-refractivity contribution in [2.24, 2.45) is 11.3 Å². The topological polar surface area (TPSA) is 95.0 Å². The normalized spacial score (nSPS) is 22.8. The molecule has 148 valence electrons. The van der Waals surface area contributed by atoms with Crippen molar-refractivity contribution < 1.29 is 23.1 Å². The second kappa shape index (κ2) is 6.82. The van der Waals surface area contributed by atoms with Crippen LogP contribution in [0.1, 0.15) is 42.6 Å². The Morgan fingerprint density at radius 3 is 2.48 bits per heavy atom. The van der Waals surface area contributed by atoms with Gasteiger partial charge in [0.15, 0.2) is 0 Å². The summed E-state index contributed by atoms with van der Waals surface area (Å²) in [6, 6.07) is 5.08. The third-order valence-corrected chi connectivity index (χ3v) is 7.10. The number of fused-ring (bicyclic) bond motifs is 1. The van der Waals surface area contributed by atoms with E-state index in [1.165, 1.54) is 10.6 Å². The van der Waals surface area contributed by atoms with Gasteiger partial charge >= 0.3 is 5.97 Å². The molecule has 0 spiro atoms. The maximum Gasteiger partial charge on any atom is 0.311 e. The van der Waals surface area contributed by atoms with Crippen molar-refractivity contribution in [2.45, 2.75) is 33.1 Å². The fraction of sp³-hybridized carbons (Fsp3) is 0.579. The van der Waals surface area contributed by atoms with Gasteiger partial charge in [0, 0.05) is 25.2 Å². The van der Waals surface area contributed by atoms with E-state index in [1.807, 2.05) is 13.8 Å². The number of carboxylic acid groups (broad SMARTS) is 1. The Balaban J connectivity index is 1.86. The second-order valence-electron chi connectivity index (χ2n) is 7.87. The zero-order valence-electron chi connectivity index (χ0n) is 15.9. The molecule has 1 aromatic rings. The van der Waals surface area contributed by atoms with Crippen LogP contribution in [0.3, 0.4) is 0 Å². The van der Waals surface area contributed by atoms with E-state index < -0.39 is 21.4 Å². The number of anilines is 1. The maximum atomic E-state index is 12.9. The molecule has 3 rings (SSSR count). The Bertz CT molecular complexity index is 880. The highest BCUT2D eigenvalue weighted by Crippen LogP contribution is 2.39. The largest absolute Gasteiger partial charge is 0.481 e. The van der Waals surface area contributed by atoms with Crippen molar-refractivity contribution in [3.63, 3.8) is 0 Å². The third-order valence-electron chi connectivity index (χ3n) is 5.92. The number of aryl methyl sites for hydroxylation is 1. The van der Waals surface area contributed by atoms with Crippen LogP contribution in [-0.4, -0.2) is 56.2 Å². The smallest absolute Gasteiger partial charge is 0.311 e. The minimum atomic E-state index is -3.35. The van der Waals surface area contributed by atoms with Gasteiger partial charge in [-0.05, 0) is 48.9 Å². The number of rotatable bonds is 4. The van der Waals surface area contributed by atoms with Crippen LogP contribution < -0.4 is 4.31 Å². The standard InChI is InChI=1S/C19H26N2O5S/c1-13(2)19(18(23)24)8-10-20(12-19)17(22)15-6-7-16-14(11-15)5-4-9-21(16)27(3,25)26/h6-7,11,13H,4-5,8-10,12H2,1-3H3,(H,23,24). The summed E-state index contributed by atoms with van der Waals surface area (Å²) < 4.78 is 25.3. The highest BCUT2D eigenvalue weighted by molar-refractivity contribution is 7.92. The number of likely N-dealkylation sites (tertiary alicyclic amines) is 1. The molecule has 1 atom stereocenters. The molecule has 1 fully saturated rings. The molecule has 1 aromatic carbocycles. The highest BCUT2D eigenvalue weighted by atomic mass is 32.2. The summed E-state index contributed by atoms with van der Waals surface area (Å²) in [6.45, 7) is 4.81. The number of aliphatic carboxylic acids is 1. The summed E-state index contributed by atoms with van der Waals surface area (Å²) in [6.07, 6.45) is 3.05. The van der Waals surface area contributed by atoms with Crippen molar-refractivity contribution >= 4 is 27.6 Å². The van der Waals surface area contributed by atoms with Crippen molar-refractivity contribution in [2.75, 3.05) is 30.2 Å². The molecule has 0 aliphatic carbocycles. The average molecular weight is 394 g/mol. The van der Waals surface area contributed by atoms with Gasteiger partial charge in [0.2, 0.25) is 10.0 Å². The summed E-state index contributed by atoms with van der Waals surface area (Å²) in [5, 5.41) is 9.67. The molecular formula is C19H26N2O5S. The van der Waals surface area contributed by atoms with Gasteiger partial charge in [-0.2, -0.15) is 0 Å². The molecule has 1 unspecified atom stereocenters. The third kappa shape index (κ3) is 3.42. The molecule has 1 amide bonds. The van der Waals surface area contributed by atoms with Crippen LogP contribution in [0.15, 0.2) is 18.2 Å². The Kier molecular flexibility index (Phi) is 4.96. The molecule has 0 saturated carbocycles. The van der Waals surface area contributed by atoms with E-state index in [-0.39, 0.29) is 18.4 Å². The highest BCUT2D eigenvalue weighted by Gasteiger charge is 2.48. The lowest BCUT2D eigenvalue weighted by Crippen LogP contribution is -2.40. The summed E-state index contributed by atoms with van der Waals surface area (Å²) in [7, 11) is -3.35. The molecule has 2 heterocycles. The molecule has 1 saturated heterocycles. The van der Waals surface area contributed by atoms with E-state index in [0.29, 0.717) is 43.6 Å². The molecule has 2 aliphatic rings. The Morgan fingerprint density at radius 1 is 1.22 bits per heavy atom. The SMILES string of the molecule is CC(C)C1(C(=O)O)CCN(C(=O)c2ccc3c(c2)CCCN3S(C)(=O)=O)C1. The molecule has 8 heteroatoms. The summed E-state index contributed by atoms with van der Waals surface area (Å²) >= 11 is 0. The first-order valence-corrected chi connectivity index (χ1v) is 11.0. The van der Waals surface area contributed by atoms with Gasteiger partial charge in [-0.25, -0.2) is 8.42 Å². The van der Waals surface area contributed by atoms with E-state index in [9.17, 15) is 23.1 Å². The lowest BCUT2D eigenvalue weighted by atomic mass is 9.76. The molecule has 2 aliphatic heterocycles. The molecule has 1 N–H and O–H groups in total. The van der Waals surface area contributed by atoms with Crippen molar-refractivity contribution in [3.8, 4) is 0 Å². The Hall–Kier alpha value is -2.09. The molecule has 7 nitrogen and oxygen atoms in total. The molecule has 27 heavy (non-hydrogen) atoms. The van der Waals surface area contributed by atoms with Crippen molar-refractivity contribution in [1.29, 1.82) is 0 Å². The quantitative estimate of drug-likeness (QED) is 0.842. The number of nitrogens with zero attached hydrogens (tertiary/aromatic N) is 2. The first-order chi connectivity index (χ1) is 12.6. The molecule has 0 radical (unpaired) electrons. The summed E-state index contributed by atoms with van der Waals surface area (Å²) in [5.74, 6) is -1.13. The first-order valence-electron chi connectivity index (χ1n) is 9.19. The number of benzene rings is 1. The fourth-order valence-electron chi connectivity index (χ4n) is 4.12. The van der Waals surface area contributed by atoms with E-state index in [1.54, 1.807) is 23.1 Å². The van der Waals surface area contributed by atoms with Gasteiger partial charge in [-0.3, -0.25) is 13.9 Å². The molecular weight excluding hydrogens is 368 g/mol. The minimum Gasteiger partial charge on any atom is -0.481 e. The van der Waals surface area contributed by atoms with Crippen molar-refractivity contribution in [3.05, 3.63) is 29.3 Å². The number of carbonyl (C=O) groups is 2.